The van der Waals surface area contributed by atoms with Gasteiger partial charge in [-0.25, -0.2) is 9.18 Å². The zero-order chi connectivity index (χ0) is 14.0. The van der Waals surface area contributed by atoms with Gasteiger partial charge in [-0.3, -0.25) is 4.79 Å². The van der Waals surface area contributed by atoms with E-state index in [4.69, 9.17) is 5.11 Å². The van der Waals surface area contributed by atoms with Crippen molar-refractivity contribution in [3.63, 3.8) is 0 Å². The highest BCUT2D eigenvalue weighted by Gasteiger charge is 2.38. The topological polar surface area (TPSA) is 77.8 Å². The van der Waals surface area contributed by atoms with E-state index in [9.17, 15) is 19.1 Å². The number of aliphatic hydroxyl groups is 1. The Hall–Kier alpha value is -1.95. The van der Waals surface area contributed by atoms with Crippen LogP contribution >= 0.6 is 0 Å². The van der Waals surface area contributed by atoms with Gasteiger partial charge in [0.15, 0.2) is 0 Å². The minimum atomic E-state index is -1.12. The van der Waals surface area contributed by atoms with Crippen LogP contribution in [-0.2, 0) is 16.0 Å². The standard InChI is InChI=1S/C13H14FNO4/c14-9-3-1-8(2-4-9)5-12(17)15-7-10(16)6-11(15)13(18)19/h1-4,10-11,16H,5-7H2,(H,18,19)/t10?,11-/m0/s1. The molecule has 5 nitrogen and oxygen atoms in total. The number of nitrogens with zero attached hydrogens (tertiary/aromatic N) is 1. The Morgan fingerprint density at radius 1 is 1.32 bits per heavy atom. The number of β-amino-alcohol motifs (C(OH)–C–C–N with tert-alkyl or cyclic N) is 1. The number of halogens is 1. The lowest BCUT2D eigenvalue weighted by Gasteiger charge is -2.21. The van der Waals surface area contributed by atoms with E-state index in [2.05, 4.69) is 0 Å². The van der Waals surface area contributed by atoms with E-state index in [1.54, 1.807) is 0 Å². The predicted octanol–water partition coefficient (Wildman–Crippen LogP) is 0.415. The minimum absolute atomic E-state index is 0.00319. The first-order valence-electron chi connectivity index (χ1n) is 5.92. The number of carbonyl (C=O) groups excluding carboxylic acids is 1. The number of carboxylic acids is 1. The highest BCUT2D eigenvalue weighted by molar-refractivity contribution is 5.85. The molecule has 2 N–H and O–H groups in total. The molecule has 1 fully saturated rings. The number of hydrogen-bond donors (Lipinski definition) is 2. The zero-order valence-corrected chi connectivity index (χ0v) is 10.1. The van der Waals surface area contributed by atoms with Gasteiger partial charge in [0, 0.05) is 13.0 Å². The van der Waals surface area contributed by atoms with E-state index in [-0.39, 0.29) is 25.3 Å². The van der Waals surface area contributed by atoms with Gasteiger partial charge >= 0.3 is 5.97 Å². The Labute approximate surface area is 109 Å². The Morgan fingerprint density at radius 3 is 2.53 bits per heavy atom. The largest absolute Gasteiger partial charge is 0.480 e. The van der Waals surface area contributed by atoms with Crippen molar-refractivity contribution in [3.05, 3.63) is 35.6 Å². The minimum Gasteiger partial charge on any atom is -0.480 e. The second-order valence-corrected chi connectivity index (χ2v) is 4.59. The monoisotopic (exact) mass is 267 g/mol. The predicted molar refractivity (Wildman–Crippen MR) is 63.9 cm³/mol. The van der Waals surface area contributed by atoms with Crippen LogP contribution < -0.4 is 0 Å². The number of carbonyl (C=O) groups is 2. The summed E-state index contributed by atoms with van der Waals surface area (Å²) < 4.78 is 12.7. The van der Waals surface area contributed by atoms with Gasteiger partial charge in [0.1, 0.15) is 11.9 Å². The van der Waals surface area contributed by atoms with Crippen molar-refractivity contribution in [3.8, 4) is 0 Å². The first kappa shape index (κ1) is 13.5. The molecule has 0 spiro atoms. The lowest BCUT2D eigenvalue weighted by atomic mass is 10.1. The molecule has 0 radical (unpaired) electrons. The molecule has 2 atom stereocenters. The first-order valence-corrected chi connectivity index (χ1v) is 5.92. The molecule has 102 valence electrons. The molecule has 0 bridgehead atoms. The van der Waals surface area contributed by atoms with E-state index in [1.807, 2.05) is 0 Å². The second kappa shape index (κ2) is 5.36. The zero-order valence-electron chi connectivity index (χ0n) is 10.1. The van der Waals surface area contributed by atoms with Crippen LogP contribution in [0, 0.1) is 5.82 Å². The van der Waals surface area contributed by atoms with Crippen LogP contribution in [0.3, 0.4) is 0 Å². The Bertz CT molecular complexity index is 488. The molecule has 0 saturated carbocycles. The van der Waals surface area contributed by atoms with E-state index < -0.39 is 23.9 Å². The molecule has 1 saturated heterocycles. The molecule has 1 unspecified atom stereocenters. The van der Waals surface area contributed by atoms with Crippen LogP contribution in [0.25, 0.3) is 0 Å². The average molecular weight is 267 g/mol. The second-order valence-electron chi connectivity index (χ2n) is 4.59. The van der Waals surface area contributed by atoms with Gasteiger partial charge in [0.05, 0.1) is 12.5 Å². The third-order valence-electron chi connectivity index (χ3n) is 3.15. The lowest BCUT2D eigenvalue weighted by molar-refractivity contribution is -0.148. The highest BCUT2D eigenvalue weighted by Crippen LogP contribution is 2.19. The van der Waals surface area contributed by atoms with Gasteiger partial charge < -0.3 is 15.1 Å². The van der Waals surface area contributed by atoms with Crippen molar-refractivity contribution in [2.45, 2.75) is 25.0 Å². The Balaban J connectivity index is 2.06. The van der Waals surface area contributed by atoms with E-state index in [0.717, 1.165) is 4.90 Å². The summed E-state index contributed by atoms with van der Waals surface area (Å²) in [4.78, 5) is 24.2. The first-order chi connectivity index (χ1) is 8.97. The summed E-state index contributed by atoms with van der Waals surface area (Å²) in [7, 11) is 0. The van der Waals surface area contributed by atoms with E-state index in [0.29, 0.717) is 5.56 Å². The van der Waals surface area contributed by atoms with Gasteiger partial charge in [0.25, 0.3) is 0 Å². The van der Waals surface area contributed by atoms with Crippen LogP contribution in [-0.4, -0.2) is 45.7 Å². The normalized spacial score (nSPS) is 22.5. The maximum Gasteiger partial charge on any atom is 0.326 e. The van der Waals surface area contributed by atoms with Crippen molar-refractivity contribution < 1.29 is 24.2 Å². The summed E-state index contributed by atoms with van der Waals surface area (Å²) in [6.45, 7) is 0.0248. The summed E-state index contributed by atoms with van der Waals surface area (Å²) in [5.74, 6) is -1.89. The molecule has 1 aliphatic rings. The molecule has 0 aliphatic carbocycles. The molecular weight excluding hydrogens is 253 g/mol. The SMILES string of the molecule is O=C(O)[C@@H]1CC(O)CN1C(=O)Cc1ccc(F)cc1. The van der Waals surface area contributed by atoms with Gasteiger partial charge in [-0.1, -0.05) is 12.1 Å². The summed E-state index contributed by atoms with van der Waals surface area (Å²) in [6, 6.07) is 4.47. The fourth-order valence-electron chi connectivity index (χ4n) is 2.20. The number of benzene rings is 1. The van der Waals surface area contributed by atoms with Crippen molar-refractivity contribution in [1.29, 1.82) is 0 Å². The maximum absolute atomic E-state index is 12.7. The molecule has 2 rings (SSSR count). The quantitative estimate of drug-likeness (QED) is 0.831. The van der Waals surface area contributed by atoms with Crippen molar-refractivity contribution in [1.82, 2.24) is 4.90 Å². The molecule has 1 amide bonds. The summed E-state index contributed by atoms with van der Waals surface area (Å²) in [6.07, 6.45) is -0.764. The van der Waals surface area contributed by atoms with Crippen molar-refractivity contribution in [2.24, 2.45) is 0 Å². The number of likely N-dealkylation sites (tertiary alicyclic amines) is 1. The smallest absolute Gasteiger partial charge is 0.326 e. The molecule has 19 heavy (non-hydrogen) atoms. The molecular formula is C13H14FNO4. The third kappa shape index (κ3) is 3.08. The fourth-order valence-corrected chi connectivity index (χ4v) is 2.20. The molecule has 1 heterocycles. The van der Waals surface area contributed by atoms with Gasteiger partial charge in [0.2, 0.25) is 5.91 Å². The summed E-state index contributed by atoms with van der Waals surface area (Å²) in [5, 5.41) is 18.5. The number of amides is 1. The van der Waals surface area contributed by atoms with Gasteiger partial charge in [-0.05, 0) is 17.7 Å². The number of aliphatic hydroxyl groups excluding tert-OH is 1. The molecule has 6 heteroatoms. The van der Waals surface area contributed by atoms with Crippen LogP contribution in [0.4, 0.5) is 4.39 Å². The highest BCUT2D eigenvalue weighted by atomic mass is 19.1. The number of carboxylic acid groups (broad SMARTS) is 1. The molecule has 1 aromatic rings. The summed E-state index contributed by atoms with van der Waals surface area (Å²) >= 11 is 0. The third-order valence-corrected chi connectivity index (χ3v) is 3.15. The van der Waals surface area contributed by atoms with Gasteiger partial charge in [-0.2, -0.15) is 0 Å². The van der Waals surface area contributed by atoms with Crippen molar-refractivity contribution in [2.75, 3.05) is 6.54 Å². The van der Waals surface area contributed by atoms with E-state index in [1.165, 1.54) is 24.3 Å². The molecule has 0 aromatic heterocycles. The number of aliphatic carboxylic acids is 1. The Kier molecular flexibility index (Phi) is 3.80. The van der Waals surface area contributed by atoms with E-state index >= 15 is 0 Å². The Morgan fingerprint density at radius 2 is 1.95 bits per heavy atom. The number of rotatable bonds is 3. The number of hydrogen-bond acceptors (Lipinski definition) is 3. The van der Waals surface area contributed by atoms with Crippen LogP contribution in [0.5, 0.6) is 0 Å². The average Bonchev–Trinajstić information content (AvgIpc) is 2.74. The van der Waals surface area contributed by atoms with Crippen LogP contribution in [0.15, 0.2) is 24.3 Å². The summed E-state index contributed by atoms with van der Waals surface area (Å²) in [5.41, 5.74) is 0.608. The van der Waals surface area contributed by atoms with Crippen molar-refractivity contribution >= 4 is 11.9 Å². The fraction of sp³-hybridized carbons (Fsp3) is 0.385. The van der Waals surface area contributed by atoms with Crippen LogP contribution in [0.1, 0.15) is 12.0 Å². The maximum atomic E-state index is 12.7. The molecule has 1 aromatic carbocycles. The van der Waals surface area contributed by atoms with Gasteiger partial charge in [-0.15, -0.1) is 0 Å². The lowest BCUT2D eigenvalue weighted by Crippen LogP contribution is -2.41. The molecule has 1 aliphatic heterocycles. The van der Waals surface area contributed by atoms with Crippen LogP contribution in [0.2, 0.25) is 0 Å².